The topological polar surface area (TPSA) is 354 Å². The number of nitrogens with one attached hydrogen (secondary N) is 3. The van der Waals surface area contributed by atoms with Crippen LogP contribution in [0.5, 0.6) is 0 Å². The van der Waals surface area contributed by atoms with Crippen molar-refractivity contribution in [2.45, 2.75) is 197 Å². The van der Waals surface area contributed by atoms with Gasteiger partial charge in [-0.1, -0.05) is 142 Å². The Labute approximate surface area is 460 Å². The highest BCUT2D eigenvalue weighted by atomic mass is 32.2. The van der Waals surface area contributed by atoms with Crippen LogP contribution in [0.1, 0.15) is 174 Å². The van der Waals surface area contributed by atoms with Crippen molar-refractivity contribution in [3.8, 4) is 0 Å². The van der Waals surface area contributed by atoms with Crippen molar-refractivity contribution in [3.63, 3.8) is 0 Å². The lowest BCUT2D eigenvalue weighted by molar-refractivity contribution is -0.910. The lowest BCUT2D eigenvalue weighted by Crippen LogP contribution is -2.64. The summed E-state index contributed by atoms with van der Waals surface area (Å²) in [5, 5.41) is 71.7. The molecule has 0 amide bonds. The molecule has 0 aromatic carbocycles. The van der Waals surface area contributed by atoms with E-state index in [0.717, 1.165) is 51.6 Å². The third-order valence-corrected chi connectivity index (χ3v) is 19.2. The van der Waals surface area contributed by atoms with Crippen LogP contribution in [0.4, 0.5) is 0 Å². The van der Waals surface area contributed by atoms with Gasteiger partial charge in [0.25, 0.3) is 10.1 Å². The number of aliphatic hydroxyl groups excluding tert-OH is 6. The minimum absolute atomic E-state index is 0.0561. The van der Waals surface area contributed by atoms with E-state index in [9.17, 15) is 69.6 Å². The first-order valence-electron chi connectivity index (χ1n) is 28.4. The molecular formula is C50H107N4O18S3Si-. The summed E-state index contributed by atoms with van der Waals surface area (Å²) in [4.78, 5) is 0. The molecule has 0 aromatic rings. The van der Waals surface area contributed by atoms with Gasteiger partial charge in [-0.25, -0.2) is 16.8 Å². The minimum atomic E-state index is -4.74. The Morgan fingerprint density at radius 3 is 0.921 bits per heavy atom. The third-order valence-electron chi connectivity index (χ3n) is 14.4. The maximum Gasteiger partial charge on any atom is 0.501 e. The molecular weight excluding hydrogens is 1070 g/mol. The minimum Gasteiger partial charge on any atom is -0.748 e. The van der Waals surface area contributed by atoms with Crippen molar-refractivity contribution in [1.29, 1.82) is 0 Å². The highest BCUT2D eigenvalue weighted by molar-refractivity contribution is 7.86. The SMILES string of the molecule is CCCCCCCCCCCCCC[N+](C)(CCCCCCCCCCCCCC)CCC[Si](OCC(CO)(CO)NCCS(=O)(=O)[O-])(OCC(CO)(CO)NCCS(=O)(=O)[O-])OCC(CO)(CO)NCCS(=O)(=O)O. The van der Waals surface area contributed by atoms with Crippen LogP contribution in [0.25, 0.3) is 0 Å². The summed E-state index contributed by atoms with van der Waals surface area (Å²) in [5.41, 5.74) is -5.46. The fourth-order valence-corrected chi connectivity index (χ4v) is 12.8. The molecule has 0 aromatic heterocycles. The van der Waals surface area contributed by atoms with Crippen LogP contribution in [-0.4, -0.2) is 222 Å². The maximum atomic E-state index is 11.6. The average molecular weight is 1180 g/mol. The first-order valence-corrected chi connectivity index (χ1v) is 35.1. The van der Waals surface area contributed by atoms with E-state index in [2.05, 4.69) is 36.8 Å². The van der Waals surface area contributed by atoms with Crippen LogP contribution < -0.4 is 16.0 Å². The van der Waals surface area contributed by atoms with Crippen LogP contribution in [0.2, 0.25) is 6.04 Å². The number of quaternary nitrogens is 1. The molecule has 0 bridgehead atoms. The zero-order valence-electron chi connectivity index (χ0n) is 46.9. The Kier molecular flexibility index (Phi) is 42.0. The molecule has 0 aliphatic rings. The molecule has 0 heterocycles. The molecule has 0 atom stereocenters. The molecule has 0 unspecified atom stereocenters. The molecule has 0 aliphatic heterocycles. The number of rotatable bonds is 57. The number of unbranched alkanes of at least 4 members (excludes halogenated alkanes) is 22. The molecule has 76 heavy (non-hydrogen) atoms. The van der Waals surface area contributed by atoms with Crippen LogP contribution >= 0.6 is 0 Å². The highest BCUT2D eigenvalue weighted by Crippen LogP contribution is 2.27. The van der Waals surface area contributed by atoms with Gasteiger partial charge >= 0.3 is 8.80 Å². The van der Waals surface area contributed by atoms with E-state index in [4.69, 9.17) is 13.3 Å². The highest BCUT2D eigenvalue weighted by Gasteiger charge is 2.48. The van der Waals surface area contributed by atoms with Crippen molar-refractivity contribution >= 4 is 39.2 Å². The number of nitrogens with zero attached hydrogens (tertiary/aromatic N) is 1. The molecule has 0 rings (SSSR count). The van der Waals surface area contributed by atoms with Crippen LogP contribution in [0.15, 0.2) is 0 Å². The zero-order chi connectivity index (χ0) is 57.4. The maximum absolute atomic E-state index is 11.6. The van der Waals surface area contributed by atoms with E-state index in [0.29, 0.717) is 17.4 Å². The van der Waals surface area contributed by atoms with E-state index in [-0.39, 0.29) is 6.04 Å². The first kappa shape index (κ1) is 75.4. The molecule has 0 saturated carbocycles. The van der Waals surface area contributed by atoms with Gasteiger partial charge in [0.15, 0.2) is 0 Å². The number of hydrogen-bond acceptors (Lipinski definition) is 20. The van der Waals surface area contributed by atoms with Crippen LogP contribution in [-0.2, 0) is 43.6 Å². The predicted molar refractivity (Wildman–Crippen MR) is 296 cm³/mol. The van der Waals surface area contributed by atoms with E-state index >= 15 is 0 Å². The second-order valence-electron chi connectivity index (χ2n) is 21.6. The van der Waals surface area contributed by atoms with E-state index < -0.39 is 152 Å². The summed E-state index contributed by atoms with van der Waals surface area (Å²) in [6.07, 6.45) is 29.2. The van der Waals surface area contributed by atoms with Crippen molar-refractivity contribution in [1.82, 2.24) is 16.0 Å². The second kappa shape index (κ2) is 42.3. The smallest absolute Gasteiger partial charge is 0.501 e. The van der Waals surface area contributed by atoms with Crippen molar-refractivity contribution in [3.05, 3.63) is 0 Å². The normalized spacial score (nSPS) is 13.6. The summed E-state index contributed by atoms with van der Waals surface area (Å²) >= 11 is 0. The molecule has 26 heteroatoms. The Hall–Kier alpha value is -0.573. The third kappa shape index (κ3) is 38.2. The van der Waals surface area contributed by atoms with Gasteiger partial charge in [-0.05, 0) is 25.7 Å². The van der Waals surface area contributed by atoms with E-state index in [1.54, 1.807) is 0 Å². The van der Waals surface area contributed by atoms with E-state index in [1.165, 1.54) is 116 Å². The van der Waals surface area contributed by atoms with Gasteiger partial charge in [0, 0.05) is 32.1 Å². The van der Waals surface area contributed by atoms with Crippen molar-refractivity contribution < 1.29 is 87.3 Å². The number of hydrogen-bond donors (Lipinski definition) is 10. The zero-order valence-corrected chi connectivity index (χ0v) is 50.4. The molecule has 0 saturated heterocycles. The lowest BCUT2D eigenvalue weighted by atomic mass is 10.0. The van der Waals surface area contributed by atoms with Gasteiger partial charge in [0.05, 0.1) is 140 Å². The number of aliphatic hydroxyl groups is 6. The summed E-state index contributed by atoms with van der Waals surface area (Å²) in [6.45, 7) is -1.89. The largest absolute Gasteiger partial charge is 0.748 e. The Morgan fingerprint density at radius 1 is 0.421 bits per heavy atom. The second-order valence-corrected chi connectivity index (χ2v) is 29.0. The average Bonchev–Trinajstić information content (AvgIpc) is 3.36. The fraction of sp³-hybridized carbons (Fsp3) is 1.00. The van der Waals surface area contributed by atoms with Crippen LogP contribution in [0, 0.1) is 0 Å². The summed E-state index contributed by atoms with van der Waals surface area (Å²) in [5.74, 6) is -2.63. The quantitative estimate of drug-likeness (QED) is 0.0181. The van der Waals surface area contributed by atoms with Gasteiger partial charge in [-0.2, -0.15) is 8.42 Å². The van der Waals surface area contributed by atoms with E-state index in [1.807, 2.05) is 0 Å². The molecule has 0 aliphatic carbocycles. The fourth-order valence-electron chi connectivity index (χ4n) is 9.01. The Balaban J connectivity index is 6.98. The van der Waals surface area contributed by atoms with Gasteiger partial charge in [-0.15, -0.1) is 0 Å². The lowest BCUT2D eigenvalue weighted by Gasteiger charge is -2.41. The van der Waals surface area contributed by atoms with Gasteiger partial charge in [0.1, 0.15) is 0 Å². The Bertz CT molecular complexity index is 1580. The Morgan fingerprint density at radius 2 is 0.671 bits per heavy atom. The van der Waals surface area contributed by atoms with Gasteiger partial charge < -0.3 is 73.5 Å². The molecule has 0 radical (unpaired) electrons. The van der Waals surface area contributed by atoms with Crippen molar-refractivity contribution in [2.75, 3.05) is 123 Å². The summed E-state index contributed by atoms with van der Waals surface area (Å²) in [7, 11) is -16.3. The monoisotopic (exact) mass is 1180 g/mol. The molecule has 0 fully saturated rings. The standard InChI is InChI=1S/C50H108N4O18S3Si/c1-4-6-8-10-12-14-16-18-20-22-24-26-32-54(3,33-27-25-23-21-19-17-15-13-11-9-7-5-2)34-28-38-76(70-45-48(39-55,40-56)51-29-35-73(61,62)63,71-46-49(41-57,42-58)52-30-36-74(64,65)66)72-47-50(43-59,44-60)53-31-37-75(67,68)69/h51-53,55-60H,4-47H2,1-3H3,(H2-,61,62,63,64,65,66,67,68,69)/p-1. The summed E-state index contributed by atoms with van der Waals surface area (Å²) < 4.78 is 122. The molecule has 22 nitrogen and oxygen atoms in total. The predicted octanol–water partition coefficient (Wildman–Crippen LogP) is 3.13. The molecule has 0 spiro atoms. The molecule has 10 N–H and O–H groups in total. The van der Waals surface area contributed by atoms with Crippen molar-refractivity contribution in [2.24, 2.45) is 0 Å². The summed E-state index contributed by atoms with van der Waals surface area (Å²) in [6, 6.07) is -0.0561. The van der Waals surface area contributed by atoms with Crippen LogP contribution in [0.3, 0.4) is 0 Å². The first-order chi connectivity index (χ1) is 35.9. The van der Waals surface area contributed by atoms with Gasteiger partial charge in [-0.3, -0.25) is 4.55 Å². The van der Waals surface area contributed by atoms with Gasteiger partial charge in [0.2, 0.25) is 0 Å². The molecule has 458 valence electrons.